The molecule has 3 aromatic rings. The lowest BCUT2D eigenvalue weighted by molar-refractivity contribution is 0.319. The molecule has 26 heavy (non-hydrogen) atoms. The van der Waals surface area contributed by atoms with E-state index >= 15 is 0 Å². The van der Waals surface area contributed by atoms with Crippen molar-refractivity contribution in [3.8, 4) is 5.69 Å². The van der Waals surface area contributed by atoms with E-state index in [1.807, 2.05) is 16.9 Å². The molecule has 140 valence electrons. The van der Waals surface area contributed by atoms with Crippen LogP contribution in [0.3, 0.4) is 0 Å². The molecule has 3 rings (SSSR count). The van der Waals surface area contributed by atoms with E-state index in [9.17, 15) is 0 Å². The van der Waals surface area contributed by atoms with Crippen molar-refractivity contribution in [3.63, 3.8) is 0 Å². The van der Waals surface area contributed by atoms with Crippen LogP contribution in [0.25, 0.3) is 5.69 Å². The van der Waals surface area contributed by atoms with Crippen molar-refractivity contribution in [2.75, 3.05) is 13.6 Å². The lowest BCUT2D eigenvalue weighted by Gasteiger charge is -2.17. The first-order valence-electron chi connectivity index (χ1n) is 8.30. The Morgan fingerprint density at radius 3 is 2.27 bits per heavy atom. The molecule has 1 heterocycles. The number of benzene rings is 2. The van der Waals surface area contributed by atoms with Crippen LogP contribution in [-0.2, 0) is 19.5 Å². The van der Waals surface area contributed by atoms with Gasteiger partial charge in [-0.15, -0.1) is 24.8 Å². The molecule has 2 N–H and O–H groups in total. The van der Waals surface area contributed by atoms with E-state index in [-0.39, 0.29) is 24.8 Å². The van der Waals surface area contributed by atoms with Gasteiger partial charge < -0.3 is 5.73 Å². The van der Waals surface area contributed by atoms with Gasteiger partial charge in [0.1, 0.15) is 0 Å². The number of nitrogens with two attached hydrogens (primary N) is 1. The highest BCUT2D eigenvalue weighted by atomic mass is 35.5. The topological polar surface area (TPSA) is 47.1 Å². The molecule has 0 atom stereocenters. The smallest absolute Gasteiger partial charge is 0.0648 e. The monoisotopic (exact) mass is 392 g/mol. The molecule has 0 saturated heterocycles. The fourth-order valence-corrected chi connectivity index (χ4v) is 2.88. The molecule has 1 aromatic heterocycles. The summed E-state index contributed by atoms with van der Waals surface area (Å²) in [5.74, 6) is 0. The summed E-state index contributed by atoms with van der Waals surface area (Å²) in [7, 11) is 2.15. The molecule has 6 heteroatoms. The number of hydrogen-bond acceptors (Lipinski definition) is 3. The van der Waals surface area contributed by atoms with Crippen molar-refractivity contribution < 1.29 is 0 Å². The molecular formula is C20H26Cl2N4. The van der Waals surface area contributed by atoms with Crippen LogP contribution in [0.4, 0.5) is 0 Å². The van der Waals surface area contributed by atoms with Crippen LogP contribution < -0.4 is 5.73 Å². The van der Waals surface area contributed by atoms with Crippen molar-refractivity contribution in [1.82, 2.24) is 14.7 Å². The van der Waals surface area contributed by atoms with Crippen LogP contribution in [0.5, 0.6) is 0 Å². The summed E-state index contributed by atoms with van der Waals surface area (Å²) in [5, 5.41) is 4.29. The van der Waals surface area contributed by atoms with Crippen LogP contribution in [0, 0.1) is 0 Å². The predicted molar refractivity (Wildman–Crippen MR) is 112 cm³/mol. The highest BCUT2D eigenvalue weighted by molar-refractivity contribution is 5.85. The second-order valence-electron chi connectivity index (χ2n) is 6.15. The van der Waals surface area contributed by atoms with E-state index in [0.717, 1.165) is 25.2 Å². The molecule has 0 radical (unpaired) electrons. The summed E-state index contributed by atoms with van der Waals surface area (Å²) < 4.78 is 1.89. The molecular weight excluding hydrogens is 367 g/mol. The number of halogens is 2. The number of hydrogen-bond donors (Lipinski definition) is 1. The van der Waals surface area contributed by atoms with Crippen LogP contribution in [0.15, 0.2) is 67.0 Å². The summed E-state index contributed by atoms with van der Waals surface area (Å²) in [6.45, 7) is 2.53. The average Bonchev–Trinajstić information content (AvgIpc) is 3.12. The number of rotatable bonds is 7. The van der Waals surface area contributed by atoms with Gasteiger partial charge in [-0.25, -0.2) is 4.68 Å². The van der Waals surface area contributed by atoms with Crippen LogP contribution in [0.1, 0.15) is 16.7 Å². The van der Waals surface area contributed by atoms with Gasteiger partial charge in [-0.2, -0.15) is 5.10 Å². The van der Waals surface area contributed by atoms with Gasteiger partial charge in [-0.05, 0) is 54.9 Å². The minimum Gasteiger partial charge on any atom is -0.330 e. The lowest BCUT2D eigenvalue weighted by Crippen LogP contribution is -2.17. The maximum Gasteiger partial charge on any atom is 0.0648 e. The highest BCUT2D eigenvalue weighted by Gasteiger charge is 2.04. The summed E-state index contributed by atoms with van der Waals surface area (Å²) in [4.78, 5) is 2.32. The van der Waals surface area contributed by atoms with E-state index in [0.29, 0.717) is 6.54 Å². The Balaban J connectivity index is 0.00000169. The molecule has 4 nitrogen and oxygen atoms in total. The minimum atomic E-state index is 0. The van der Waals surface area contributed by atoms with E-state index in [2.05, 4.69) is 65.6 Å². The average molecular weight is 393 g/mol. The standard InChI is InChI=1S/C20H24N4.2ClH/c1-23(15-18-8-6-17(7-9-18)10-11-21)16-19-4-2-5-20(14-19)24-13-3-12-22-24;;/h2-9,12-14H,10-11,15-16,21H2,1H3;2*1H. The van der Waals surface area contributed by atoms with Gasteiger partial charge in [0.25, 0.3) is 0 Å². The molecule has 0 fully saturated rings. The van der Waals surface area contributed by atoms with Crippen molar-refractivity contribution in [1.29, 1.82) is 0 Å². The van der Waals surface area contributed by atoms with Crippen LogP contribution in [-0.4, -0.2) is 28.3 Å². The molecule has 0 bridgehead atoms. The largest absolute Gasteiger partial charge is 0.330 e. The maximum atomic E-state index is 5.60. The van der Waals surface area contributed by atoms with Crippen molar-refractivity contribution >= 4 is 24.8 Å². The summed E-state index contributed by atoms with van der Waals surface area (Å²) in [6, 6.07) is 19.2. The molecule has 0 aliphatic rings. The van der Waals surface area contributed by atoms with Gasteiger partial charge in [0, 0.05) is 25.5 Å². The highest BCUT2D eigenvalue weighted by Crippen LogP contribution is 2.13. The van der Waals surface area contributed by atoms with Gasteiger partial charge >= 0.3 is 0 Å². The van der Waals surface area contributed by atoms with Gasteiger partial charge in [0.15, 0.2) is 0 Å². The van der Waals surface area contributed by atoms with Crippen LogP contribution in [0.2, 0.25) is 0 Å². The first-order chi connectivity index (χ1) is 11.7. The summed E-state index contributed by atoms with van der Waals surface area (Å²) in [6.07, 6.45) is 4.70. The van der Waals surface area contributed by atoms with Crippen molar-refractivity contribution in [3.05, 3.63) is 83.7 Å². The fraction of sp³-hybridized carbons (Fsp3) is 0.250. The zero-order valence-electron chi connectivity index (χ0n) is 14.9. The van der Waals surface area contributed by atoms with Crippen molar-refractivity contribution in [2.45, 2.75) is 19.5 Å². The zero-order chi connectivity index (χ0) is 16.8. The van der Waals surface area contributed by atoms with E-state index in [1.54, 1.807) is 6.20 Å². The summed E-state index contributed by atoms with van der Waals surface area (Å²) >= 11 is 0. The molecule has 0 aliphatic carbocycles. The molecule has 0 unspecified atom stereocenters. The van der Waals surface area contributed by atoms with Gasteiger partial charge in [-0.3, -0.25) is 4.90 Å². The Morgan fingerprint density at radius 1 is 0.923 bits per heavy atom. The Bertz CT molecular complexity index is 758. The molecule has 2 aromatic carbocycles. The second-order valence-corrected chi connectivity index (χ2v) is 6.15. The SMILES string of the molecule is CN(Cc1ccc(CCN)cc1)Cc1cccc(-n2cccn2)c1.Cl.Cl. The van der Waals surface area contributed by atoms with Gasteiger partial charge in [-0.1, -0.05) is 36.4 Å². The predicted octanol–water partition coefficient (Wildman–Crippen LogP) is 3.85. The molecule has 0 aliphatic heterocycles. The minimum absolute atomic E-state index is 0. The van der Waals surface area contributed by atoms with Gasteiger partial charge in [0.05, 0.1) is 5.69 Å². The first kappa shape index (κ1) is 22.2. The zero-order valence-corrected chi connectivity index (χ0v) is 16.5. The van der Waals surface area contributed by atoms with E-state index in [4.69, 9.17) is 5.73 Å². The maximum absolute atomic E-state index is 5.60. The molecule has 0 spiro atoms. The second kappa shape index (κ2) is 11.0. The van der Waals surface area contributed by atoms with Crippen LogP contribution >= 0.6 is 24.8 Å². The fourth-order valence-electron chi connectivity index (χ4n) is 2.88. The normalized spacial score (nSPS) is 10.3. The lowest BCUT2D eigenvalue weighted by atomic mass is 10.1. The number of aromatic nitrogens is 2. The van der Waals surface area contributed by atoms with E-state index in [1.165, 1.54) is 16.7 Å². The van der Waals surface area contributed by atoms with Crippen molar-refractivity contribution in [2.24, 2.45) is 5.73 Å². The quantitative estimate of drug-likeness (QED) is 0.663. The molecule has 0 saturated carbocycles. The third-order valence-electron chi connectivity index (χ3n) is 4.04. The first-order valence-corrected chi connectivity index (χ1v) is 8.30. The Hall–Kier alpha value is -1.85. The van der Waals surface area contributed by atoms with Gasteiger partial charge in [0.2, 0.25) is 0 Å². The third kappa shape index (κ3) is 6.15. The Kier molecular flexibility index (Phi) is 9.38. The summed E-state index contributed by atoms with van der Waals surface area (Å²) in [5.41, 5.74) is 10.6. The number of nitrogens with zero attached hydrogens (tertiary/aromatic N) is 3. The Morgan fingerprint density at radius 2 is 1.62 bits per heavy atom. The van der Waals surface area contributed by atoms with E-state index < -0.39 is 0 Å². The Labute approximate surface area is 167 Å². The third-order valence-corrected chi connectivity index (χ3v) is 4.04. The molecule has 0 amide bonds.